The number of aliphatic hydroxyl groups is 2. The van der Waals surface area contributed by atoms with E-state index in [2.05, 4.69) is 14.9 Å². The second-order valence-electron chi connectivity index (χ2n) is 11.0. The van der Waals surface area contributed by atoms with E-state index >= 15 is 0 Å². The van der Waals surface area contributed by atoms with Gasteiger partial charge in [0, 0.05) is 19.3 Å². The van der Waals surface area contributed by atoms with Crippen LogP contribution >= 0.6 is 7.60 Å². The van der Waals surface area contributed by atoms with Gasteiger partial charge in [-0.25, -0.2) is 19.6 Å². The van der Waals surface area contributed by atoms with Gasteiger partial charge in [-0.05, 0) is 53.5 Å². The predicted molar refractivity (Wildman–Crippen MR) is 155 cm³/mol. The molecule has 2 aliphatic heterocycles. The highest BCUT2D eigenvalue weighted by Crippen LogP contribution is 2.48. The van der Waals surface area contributed by atoms with Crippen LogP contribution in [-0.2, 0) is 42.0 Å². The van der Waals surface area contributed by atoms with Crippen LogP contribution in [0.3, 0.4) is 0 Å². The number of nitrogens with zero attached hydrogens (tertiary/aromatic N) is 4. The van der Waals surface area contributed by atoms with Crippen molar-refractivity contribution in [2.45, 2.75) is 84.2 Å². The van der Waals surface area contributed by atoms with Crippen molar-refractivity contribution in [3.05, 3.63) is 18.1 Å². The number of anilines is 1. The van der Waals surface area contributed by atoms with E-state index in [9.17, 15) is 24.4 Å². The number of aliphatic hydroxyl groups excluding tert-OH is 2. The lowest BCUT2D eigenvalue weighted by molar-refractivity contribution is -0.0651. The Morgan fingerprint density at radius 1 is 1.00 bits per heavy atom. The van der Waals surface area contributed by atoms with Gasteiger partial charge in [-0.3, -0.25) is 13.6 Å². The number of carbonyl (C=O) groups is 2. The van der Waals surface area contributed by atoms with Crippen LogP contribution in [0.1, 0.15) is 52.6 Å². The van der Waals surface area contributed by atoms with Crippen LogP contribution in [0.5, 0.6) is 0 Å². The smallest absolute Gasteiger partial charge is 0.432 e. The molecule has 0 radical (unpaired) electrons. The molecule has 4 heterocycles. The Balaban J connectivity index is 1.38. The molecular weight excluding hydrogens is 619 g/mol. The Bertz CT molecular complexity index is 1320. The van der Waals surface area contributed by atoms with Gasteiger partial charge in [0.1, 0.15) is 41.9 Å². The number of rotatable bonds is 14. The normalized spacial score (nSPS) is 22.0. The Labute approximate surface area is 260 Å². The first kappa shape index (κ1) is 34.8. The lowest BCUT2D eigenvalue weighted by Crippen LogP contribution is -2.34. The first-order valence-corrected chi connectivity index (χ1v) is 16.3. The van der Waals surface area contributed by atoms with E-state index in [-0.39, 0.29) is 6.61 Å². The van der Waals surface area contributed by atoms with E-state index in [0.717, 1.165) is 37.1 Å². The summed E-state index contributed by atoms with van der Waals surface area (Å²) in [4.78, 5) is 34.7. The minimum Gasteiger partial charge on any atom is -0.432 e. The SMILES string of the molecule is Cc1nc(N2CCCC2)c2ccn([C@@H]3O[C@H](COCP(=O)(OCOC(=O)OC(C)C)OCOC(=O)OC(C)C)[C@@H](O)[C@H]3O)c2n1. The number of aromatic nitrogens is 3. The molecule has 4 rings (SSSR count). The van der Waals surface area contributed by atoms with Crippen molar-refractivity contribution in [2.75, 3.05) is 44.5 Å². The van der Waals surface area contributed by atoms with Crippen molar-refractivity contribution >= 4 is 36.8 Å². The summed E-state index contributed by atoms with van der Waals surface area (Å²) < 4.78 is 55.8. The molecule has 4 atom stereocenters. The molecule has 2 N–H and O–H groups in total. The van der Waals surface area contributed by atoms with Gasteiger partial charge in [0.05, 0.1) is 24.2 Å². The highest BCUT2D eigenvalue weighted by molar-refractivity contribution is 7.53. The minimum absolute atomic E-state index is 0.343. The first-order valence-electron chi connectivity index (χ1n) is 14.6. The molecule has 252 valence electrons. The summed E-state index contributed by atoms with van der Waals surface area (Å²) in [5.41, 5.74) is 0.542. The van der Waals surface area contributed by atoms with E-state index in [1.165, 1.54) is 0 Å². The van der Waals surface area contributed by atoms with Crippen LogP contribution in [0.15, 0.2) is 12.3 Å². The van der Waals surface area contributed by atoms with Crippen molar-refractivity contribution in [3.8, 4) is 0 Å². The molecule has 0 bridgehead atoms. The summed E-state index contributed by atoms with van der Waals surface area (Å²) in [6.45, 7) is 8.00. The molecule has 18 heteroatoms. The number of ether oxygens (including phenoxy) is 6. The number of aryl methyl sites for hydroxylation is 1. The lowest BCUT2D eigenvalue weighted by Gasteiger charge is -2.21. The molecule has 2 aromatic rings. The van der Waals surface area contributed by atoms with Gasteiger partial charge in [0.25, 0.3) is 0 Å². The van der Waals surface area contributed by atoms with E-state index in [4.69, 9.17) is 37.5 Å². The summed E-state index contributed by atoms with van der Waals surface area (Å²) in [7, 11) is -4.22. The van der Waals surface area contributed by atoms with Gasteiger partial charge in [0.15, 0.2) is 6.23 Å². The summed E-state index contributed by atoms with van der Waals surface area (Å²) in [6.07, 6.45) is -4.70. The van der Waals surface area contributed by atoms with Crippen molar-refractivity contribution in [1.82, 2.24) is 14.5 Å². The monoisotopic (exact) mass is 660 g/mol. The standard InChI is InChI=1S/C27H41N4O13P/c1-16(2)42-26(34)38-13-40-45(36,41-14-39-27(35)43-17(3)4)15-37-12-20-21(32)22(33)25(44-20)31-11-8-19-23(30-9-6-7-10-30)28-18(5)29-24(19)31/h8,11,16-17,20-22,25,32-33H,6-7,9-10,12-15H2,1-5H3/t20-,21-,22-,25-/m1/s1. The molecule has 0 amide bonds. The largest absolute Gasteiger partial charge is 0.510 e. The lowest BCUT2D eigenvalue weighted by atomic mass is 10.1. The molecule has 2 fully saturated rings. The fraction of sp³-hybridized carbons (Fsp3) is 0.704. The molecule has 17 nitrogen and oxygen atoms in total. The third kappa shape index (κ3) is 9.25. The van der Waals surface area contributed by atoms with Crippen LogP contribution in [-0.4, -0.2) is 107 Å². The maximum atomic E-state index is 13.3. The van der Waals surface area contributed by atoms with E-state index in [1.54, 1.807) is 45.4 Å². The zero-order valence-electron chi connectivity index (χ0n) is 25.9. The number of hydrogen-bond acceptors (Lipinski definition) is 16. The van der Waals surface area contributed by atoms with Crippen molar-refractivity contribution in [1.29, 1.82) is 0 Å². The maximum Gasteiger partial charge on any atom is 0.510 e. The Kier molecular flexibility index (Phi) is 12.0. The first-order chi connectivity index (χ1) is 21.4. The number of fused-ring (bicyclic) bond motifs is 1. The topological polar surface area (TPSA) is 199 Å². The molecule has 0 unspecified atom stereocenters. The minimum atomic E-state index is -4.22. The van der Waals surface area contributed by atoms with Crippen molar-refractivity contribution < 1.29 is 61.8 Å². The molecule has 0 saturated carbocycles. The van der Waals surface area contributed by atoms with Gasteiger partial charge in [-0.2, -0.15) is 0 Å². The predicted octanol–water partition coefficient (Wildman–Crippen LogP) is 3.20. The average molecular weight is 661 g/mol. The molecule has 2 aromatic heterocycles. The van der Waals surface area contributed by atoms with Crippen molar-refractivity contribution in [3.63, 3.8) is 0 Å². The van der Waals surface area contributed by atoms with Gasteiger partial charge >= 0.3 is 19.9 Å². The van der Waals surface area contributed by atoms with Crippen LogP contribution in [0, 0.1) is 6.92 Å². The van der Waals surface area contributed by atoms with E-state index in [1.807, 2.05) is 6.07 Å². The summed E-state index contributed by atoms with van der Waals surface area (Å²) in [5.74, 6) is 1.36. The van der Waals surface area contributed by atoms with Crippen LogP contribution in [0.2, 0.25) is 0 Å². The second kappa shape index (κ2) is 15.5. The Morgan fingerprint density at radius 3 is 2.18 bits per heavy atom. The van der Waals surface area contributed by atoms with E-state index < -0.39 is 76.6 Å². The summed E-state index contributed by atoms with van der Waals surface area (Å²) in [5, 5.41) is 22.5. The van der Waals surface area contributed by atoms with Crippen molar-refractivity contribution in [2.24, 2.45) is 0 Å². The number of carbonyl (C=O) groups excluding carboxylic acids is 2. The van der Waals surface area contributed by atoms with E-state index in [0.29, 0.717) is 11.5 Å². The molecule has 0 spiro atoms. The fourth-order valence-corrected chi connectivity index (χ4v) is 5.73. The van der Waals surface area contributed by atoms with Gasteiger partial charge in [0.2, 0.25) is 13.6 Å². The molecule has 45 heavy (non-hydrogen) atoms. The highest BCUT2D eigenvalue weighted by Gasteiger charge is 2.45. The second-order valence-corrected chi connectivity index (χ2v) is 13.0. The Morgan fingerprint density at radius 2 is 1.60 bits per heavy atom. The summed E-state index contributed by atoms with van der Waals surface area (Å²) in [6, 6.07) is 1.84. The molecule has 2 aliphatic rings. The highest BCUT2D eigenvalue weighted by atomic mass is 31.2. The van der Waals surface area contributed by atoms with Crippen LogP contribution in [0.25, 0.3) is 11.0 Å². The molecular formula is C27H41N4O13P. The Hall–Kier alpha value is -3.05. The van der Waals surface area contributed by atoms with Gasteiger partial charge < -0.3 is 48.1 Å². The number of hydrogen-bond donors (Lipinski definition) is 2. The zero-order valence-corrected chi connectivity index (χ0v) is 26.8. The summed E-state index contributed by atoms with van der Waals surface area (Å²) >= 11 is 0. The van der Waals surface area contributed by atoms with Crippen LogP contribution < -0.4 is 4.90 Å². The quantitative estimate of drug-likeness (QED) is 0.170. The maximum absolute atomic E-state index is 13.3. The third-order valence-electron chi connectivity index (χ3n) is 6.73. The molecule has 2 saturated heterocycles. The average Bonchev–Trinajstić information content (AvgIpc) is 3.69. The van der Waals surface area contributed by atoms with Crippen LogP contribution in [0.4, 0.5) is 15.4 Å². The molecule has 0 aliphatic carbocycles. The molecule has 0 aromatic carbocycles. The van der Waals surface area contributed by atoms with Gasteiger partial charge in [-0.15, -0.1) is 0 Å². The zero-order chi connectivity index (χ0) is 32.7. The third-order valence-corrected chi connectivity index (χ3v) is 8.22. The van der Waals surface area contributed by atoms with Gasteiger partial charge in [-0.1, -0.05) is 0 Å². The fourth-order valence-electron chi connectivity index (χ4n) is 4.75.